The zero-order valence-corrected chi connectivity index (χ0v) is 14.1. The Hall–Kier alpha value is -2.96. The number of aryl methyl sites for hydroxylation is 1. The van der Waals surface area contributed by atoms with Crippen molar-refractivity contribution in [3.63, 3.8) is 0 Å². The van der Waals surface area contributed by atoms with Gasteiger partial charge in [-0.1, -0.05) is 48.0 Å². The molecule has 2 aromatic carbocycles. The van der Waals surface area contributed by atoms with Gasteiger partial charge in [-0.05, 0) is 25.0 Å². The third-order valence-electron chi connectivity index (χ3n) is 4.60. The number of halogens is 2. The van der Waals surface area contributed by atoms with Crippen LogP contribution in [0.2, 0.25) is 0 Å². The van der Waals surface area contributed by atoms with E-state index in [2.05, 4.69) is 39.7 Å². The fourth-order valence-electron chi connectivity index (χ4n) is 3.36. The van der Waals surface area contributed by atoms with Crippen molar-refractivity contribution in [3.8, 4) is 5.75 Å². The molecular weight excluding hydrogens is 338 g/mol. The Morgan fingerprint density at radius 3 is 2.69 bits per heavy atom. The number of aromatic nitrogens is 3. The van der Waals surface area contributed by atoms with Crippen molar-refractivity contribution in [3.05, 3.63) is 71.5 Å². The number of nitrogens with one attached hydrogen (secondary N) is 1. The summed E-state index contributed by atoms with van der Waals surface area (Å²) in [4.78, 5) is 4.27. The van der Waals surface area contributed by atoms with Crippen LogP contribution in [0.15, 0.2) is 54.9 Å². The molecule has 5 nitrogen and oxygen atoms in total. The molecule has 1 aliphatic rings. The van der Waals surface area contributed by atoms with Crippen LogP contribution in [0.25, 0.3) is 0 Å². The smallest absolute Gasteiger partial charge is 0.387 e. The lowest BCUT2D eigenvalue weighted by Gasteiger charge is -2.32. The summed E-state index contributed by atoms with van der Waals surface area (Å²) in [5.41, 5.74) is 2.95. The van der Waals surface area contributed by atoms with Crippen LogP contribution in [0.1, 0.15) is 35.2 Å². The monoisotopic (exact) mass is 356 g/mol. The molecule has 2 atom stereocenters. The fourth-order valence-corrected chi connectivity index (χ4v) is 3.36. The molecule has 1 aromatic heterocycles. The maximum atomic E-state index is 12.8. The molecule has 0 amide bonds. The van der Waals surface area contributed by atoms with Gasteiger partial charge < -0.3 is 10.1 Å². The van der Waals surface area contributed by atoms with E-state index in [0.29, 0.717) is 17.9 Å². The third kappa shape index (κ3) is 3.12. The van der Waals surface area contributed by atoms with Gasteiger partial charge in [0.05, 0.1) is 12.1 Å². The molecule has 0 saturated heterocycles. The zero-order chi connectivity index (χ0) is 18.1. The summed E-state index contributed by atoms with van der Waals surface area (Å²) in [5, 5.41) is 7.61. The first-order valence-electron chi connectivity index (χ1n) is 8.38. The highest BCUT2D eigenvalue weighted by molar-refractivity contribution is 5.44. The van der Waals surface area contributed by atoms with Crippen LogP contribution < -0.4 is 10.1 Å². The molecule has 1 N–H and O–H groups in total. The Kier molecular flexibility index (Phi) is 4.28. The standard InChI is InChI=1S/C19H18F2N4O/c1-12-6-8-13(9-7-12)16-10-15(24-19-22-11-23-25(16)19)14-4-2-3-5-17(14)26-18(20)21/h2-9,11,15-16,18H,10H2,1H3,(H,22,23,24)/t15-,16-/m0/s1. The number of rotatable bonds is 4. The van der Waals surface area contributed by atoms with Crippen molar-refractivity contribution in [2.24, 2.45) is 0 Å². The number of alkyl halides is 2. The van der Waals surface area contributed by atoms with E-state index in [0.717, 1.165) is 5.56 Å². The van der Waals surface area contributed by atoms with Gasteiger partial charge in [-0.3, -0.25) is 0 Å². The summed E-state index contributed by atoms with van der Waals surface area (Å²) in [5.74, 6) is 0.786. The molecule has 1 aliphatic heterocycles. The Balaban J connectivity index is 1.71. The highest BCUT2D eigenvalue weighted by atomic mass is 19.3. The molecule has 26 heavy (non-hydrogen) atoms. The highest BCUT2D eigenvalue weighted by Gasteiger charge is 2.31. The van der Waals surface area contributed by atoms with Gasteiger partial charge in [0.1, 0.15) is 12.1 Å². The molecule has 0 unspecified atom stereocenters. The van der Waals surface area contributed by atoms with Crippen LogP contribution in [0.5, 0.6) is 5.75 Å². The number of ether oxygens (including phenoxy) is 1. The Morgan fingerprint density at radius 2 is 1.92 bits per heavy atom. The summed E-state index contributed by atoms with van der Waals surface area (Å²) in [6, 6.07) is 14.8. The van der Waals surface area contributed by atoms with Gasteiger partial charge in [-0.25, -0.2) is 4.68 Å². The van der Waals surface area contributed by atoms with Crippen LogP contribution in [-0.4, -0.2) is 21.4 Å². The molecule has 0 fully saturated rings. The SMILES string of the molecule is Cc1ccc([C@@H]2C[C@@H](c3ccccc3OC(F)F)Nc3ncnn32)cc1. The molecule has 7 heteroatoms. The molecule has 4 rings (SSSR count). The predicted molar refractivity (Wildman–Crippen MR) is 93.4 cm³/mol. The van der Waals surface area contributed by atoms with E-state index in [4.69, 9.17) is 4.74 Å². The second-order valence-corrected chi connectivity index (χ2v) is 6.30. The molecule has 0 spiro atoms. The Labute approximate surface area is 149 Å². The lowest BCUT2D eigenvalue weighted by molar-refractivity contribution is -0.0506. The van der Waals surface area contributed by atoms with Crippen LogP contribution in [0, 0.1) is 6.92 Å². The predicted octanol–water partition coefficient (Wildman–Crippen LogP) is 4.33. The van der Waals surface area contributed by atoms with E-state index < -0.39 is 6.61 Å². The molecule has 0 aliphatic carbocycles. The topological polar surface area (TPSA) is 52.0 Å². The van der Waals surface area contributed by atoms with Crippen molar-refractivity contribution in [2.75, 3.05) is 5.32 Å². The van der Waals surface area contributed by atoms with Crippen molar-refractivity contribution >= 4 is 5.95 Å². The maximum absolute atomic E-state index is 12.8. The van der Waals surface area contributed by atoms with Crippen molar-refractivity contribution in [1.82, 2.24) is 14.8 Å². The summed E-state index contributed by atoms with van der Waals surface area (Å²) in [6.07, 6.45) is 2.14. The number of benzene rings is 2. The number of para-hydroxylation sites is 1. The van der Waals surface area contributed by atoms with Crippen LogP contribution in [0.4, 0.5) is 14.7 Å². The minimum absolute atomic E-state index is 0.0426. The molecular formula is C19H18F2N4O. The van der Waals surface area contributed by atoms with E-state index in [1.807, 2.05) is 17.7 Å². The molecule has 0 radical (unpaired) electrons. The number of hydrogen-bond acceptors (Lipinski definition) is 4. The van der Waals surface area contributed by atoms with Crippen LogP contribution >= 0.6 is 0 Å². The van der Waals surface area contributed by atoms with Crippen LogP contribution in [0.3, 0.4) is 0 Å². The quantitative estimate of drug-likeness (QED) is 0.756. The summed E-state index contributed by atoms with van der Waals surface area (Å²) < 4.78 is 32.1. The van der Waals surface area contributed by atoms with E-state index >= 15 is 0 Å². The Morgan fingerprint density at radius 1 is 1.15 bits per heavy atom. The van der Waals surface area contributed by atoms with Gasteiger partial charge in [0, 0.05) is 5.56 Å². The van der Waals surface area contributed by atoms with E-state index in [1.165, 1.54) is 11.9 Å². The minimum atomic E-state index is -2.86. The lowest BCUT2D eigenvalue weighted by atomic mass is 9.92. The van der Waals surface area contributed by atoms with Crippen LogP contribution in [-0.2, 0) is 0 Å². The average Bonchev–Trinajstić information content (AvgIpc) is 3.10. The van der Waals surface area contributed by atoms with Gasteiger partial charge in [0.2, 0.25) is 5.95 Å². The van der Waals surface area contributed by atoms with Crippen molar-refractivity contribution in [2.45, 2.75) is 32.0 Å². The second-order valence-electron chi connectivity index (χ2n) is 6.30. The molecule has 134 valence electrons. The van der Waals surface area contributed by atoms with E-state index in [-0.39, 0.29) is 17.8 Å². The second kappa shape index (κ2) is 6.74. The first-order chi connectivity index (χ1) is 12.6. The van der Waals surface area contributed by atoms with Gasteiger partial charge >= 0.3 is 6.61 Å². The van der Waals surface area contributed by atoms with Gasteiger partial charge in [-0.2, -0.15) is 18.9 Å². The molecule has 0 bridgehead atoms. The number of fused-ring (bicyclic) bond motifs is 1. The first kappa shape index (κ1) is 16.5. The molecule has 3 aromatic rings. The lowest BCUT2D eigenvalue weighted by Crippen LogP contribution is -2.28. The van der Waals surface area contributed by atoms with E-state index in [9.17, 15) is 8.78 Å². The van der Waals surface area contributed by atoms with Crippen molar-refractivity contribution < 1.29 is 13.5 Å². The average molecular weight is 356 g/mol. The molecule has 2 heterocycles. The third-order valence-corrected chi connectivity index (χ3v) is 4.60. The number of nitrogens with zero attached hydrogens (tertiary/aromatic N) is 3. The van der Waals surface area contributed by atoms with E-state index in [1.54, 1.807) is 18.2 Å². The van der Waals surface area contributed by atoms with Gasteiger partial charge in [-0.15, -0.1) is 0 Å². The maximum Gasteiger partial charge on any atom is 0.387 e. The summed E-state index contributed by atoms with van der Waals surface area (Å²) in [6.45, 7) is -0.829. The number of anilines is 1. The van der Waals surface area contributed by atoms with Gasteiger partial charge in [0.15, 0.2) is 0 Å². The van der Waals surface area contributed by atoms with Gasteiger partial charge in [0.25, 0.3) is 0 Å². The fraction of sp³-hybridized carbons (Fsp3) is 0.263. The molecule has 0 saturated carbocycles. The summed E-state index contributed by atoms with van der Waals surface area (Å²) in [7, 11) is 0. The Bertz CT molecular complexity index is 895. The highest BCUT2D eigenvalue weighted by Crippen LogP contribution is 2.40. The first-order valence-corrected chi connectivity index (χ1v) is 8.38. The summed E-state index contributed by atoms with van der Waals surface area (Å²) >= 11 is 0. The number of hydrogen-bond donors (Lipinski definition) is 1. The minimum Gasteiger partial charge on any atom is -0.434 e. The normalized spacial score (nSPS) is 19.1. The zero-order valence-electron chi connectivity index (χ0n) is 14.1. The van der Waals surface area contributed by atoms with Crippen molar-refractivity contribution in [1.29, 1.82) is 0 Å². The largest absolute Gasteiger partial charge is 0.434 e.